The molecule has 0 saturated heterocycles. The zero-order valence-electron chi connectivity index (χ0n) is 11.3. The molecule has 0 fully saturated rings. The molecule has 0 spiro atoms. The van der Waals surface area contributed by atoms with Gasteiger partial charge in [-0.2, -0.15) is 15.0 Å². The molecule has 3 rings (SSSR count). The normalized spacial score (nSPS) is 10.8. The van der Waals surface area contributed by atoms with Crippen molar-refractivity contribution in [3.8, 4) is 11.3 Å². The number of hydrogen-bond acceptors (Lipinski definition) is 3. The van der Waals surface area contributed by atoms with Crippen molar-refractivity contribution >= 4 is 11.6 Å². The Bertz CT molecular complexity index is 723. The molecule has 1 heterocycles. The number of hydrogen-bond donors (Lipinski definition) is 1. The SMILES string of the molecule is OCc1nn(Cc2ccc(Cl)cc2)nc1-c1ccccc1. The molecule has 2 aromatic carbocycles. The molecule has 0 aliphatic heterocycles. The van der Waals surface area contributed by atoms with Gasteiger partial charge in [0.2, 0.25) is 0 Å². The fourth-order valence-electron chi connectivity index (χ4n) is 2.13. The van der Waals surface area contributed by atoms with Gasteiger partial charge in [-0.25, -0.2) is 0 Å². The third kappa shape index (κ3) is 3.12. The fraction of sp³-hybridized carbons (Fsp3) is 0.125. The van der Waals surface area contributed by atoms with Crippen LogP contribution < -0.4 is 0 Å². The largest absolute Gasteiger partial charge is 0.390 e. The Morgan fingerprint density at radius 2 is 1.67 bits per heavy atom. The van der Waals surface area contributed by atoms with Crippen LogP contribution in [0.5, 0.6) is 0 Å². The van der Waals surface area contributed by atoms with Crippen LogP contribution in [0.25, 0.3) is 11.3 Å². The van der Waals surface area contributed by atoms with Crippen molar-refractivity contribution < 1.29 is 5.11 Å². The Labute approximate surface area is 127 Å². The Balaban J connectivity index is 1.91. The summed E-state index contributed by atoms with van der Waals surface area (Å²) >= 11 is 5.88. The van der Waals surface area contributed by atoms with Crippen LogP contribution in [-0.4, -0.2) is 20.1 Å². The Morgan fingerprint density at radius 3 is 2.33 bits per heavy atom. The van der Waals surface area contributed by atoms with E-state index in [0.717, 1.165) is 11.1 Å². The van der Waals surface area contributed by atoms with Crippen LogP contribution in [0.4, 0.5) is 0 Å². The number of aliphatic hydroxyl groups excluding tert-OH is 1. The molecule has 3 aromatic rings. The number of aliphatic hydroxyl groups is 1. The van der Waals surface area contributed by atoms with Crippen molar-refractivity contribution in [2.24, 2.45) is 0 Å². The van der Waals surface area contributed by atoms with Crippen molar-refractivity contribution in [2.45, 2.75) is 13.2 Å². The number of benzene rings is 2. The van der Waals surface area contributed by atoms with Crippen molar-refractivity contribution in [1.29, 1.82) is 0 Å². The number of nitrogens with zero attached hydrogens (tertiary/aromatic N) is 3. The van der Waals surface area contributed by atoms with Gasteiger partial charge in [0.25, 0.3) is 0 Å². The second-order valence-electron chi connectivity index (χ2n) is 4.68. The molecule has 106 valence electrons. The molecule has 0 bridgehead atoms. The Morgan fingerprint density at radius 1 is 0.952 bits per heavy atom. The van der Waals surface area contributed by atoms with Crippen molar-refractivity contribution in [3.63, 3.8) is 0 Å². The lowest BCUT2D eigenvalue weighted by Crippen LogP contribution is -2.04. The van der Waals surface area contributed by atoms with Crippen LogP contribution >= 0.6 is 11.6 Å². The molecule has 0 saturated carbocycles. The lowest BCUT2D eigenvalue weighted by atomic mass is 10.1. The highest BCUT2D eigenvalue weighted by Crippen LogP contribution is 2.20. The van der Waals surface area contributed by atoms with Crippen molar-refractivity contribution in [1.82, 2.24) is 15.0 Å². The minimum atomic E-state index is -0.134. The average Bonchev–Trinajstić information content (AvgIpc) is 2.93. The van der Waals surface area contributed by atoms with Crippen LogP contribution in [0.1, 0.15) is 11.3 Å². The second kappa shape index (κ2) is 6.08. The summed E-state index contributed by atoms with van der Waals surface area (Å²) in [5.41, 5.74) is 3.30. The molecule has 0 radical (unpaired) electrons. The molecule has 4 nitrogen and oxygen atoms in total. The van der Waals surface area contributed by atoms with E-state index in [-0.39, 0.29) is 6.61 Å². The standard InChI is InChI=1S/C16H14ClN3O/c17-14-8-6-12(7-9-14)10-20-18-15(11-21)16(19-20)13-4-2-1-3-5-13/h1-9,21H,10-11H2. The molecule has 0 amide bonds. The summed E-state index contributed by atoms with van der Waals surface area (Å²) in [6.07, 6.45) is 0. The van der Waals surface area contributed by atoms with E-state index in [1.54, 1.807) is 4.80 Å². The van der Waals surface area contributed by atoms with Crippen LogP contribution in [0.3, 0.4) is 0 Å². The van der Waals surface area contributed by atoms with Gasteiger partial charge >= 0.3 is 0 Å². The maximum absolute atomic E-state index is 9.46. The van der Waals surface area contributed by atoms with Gasteiger partial charge in [0.05, 0.1) is 13.2 Å². The lowest BCUT2D eigenvalue weighted by molar-refractivity contribution is 0.276. The molecule has 1 N–H and O–H groups in total. The van der Waals surface area contributed by atoms with Gasteiger partial charge in [-0.3, -0.25) is 0 Å². The average molecular weight is 300 g/mol. The van der Waals surface area contributed by atoms with E-state index in [0.29, 0.717) is 23.0 Å². The molecule has 5 heteroatoms. The summed E-state index contributed by atoms with van der Waals surface area (Å²) in [7, 11) is 0. The topological polar surface area (TPSA) is 50.9 Å². The van der Waals surface area contributed by atoms with Gasteiger partial charge in [-0.1, -0.05) is 54.1 Å². The van der Waals surface area contributed by atoms with Gasteiger partial charge in [0.1, 0.15) is 11.4 Å². The highest BCUT2D eigenvalue weighted by atomic mass is 35.5. The number of aromatic nitrogens is 3. The lowest BCUT2D eigenvalue weighted by Gasteiger charge is -2.00. The predicted molar refractivity (Wildman–Crippen MR) is 81.9 cm³/mol. The highest BCUT2D eigenvalue weighted by Gasteiger charge is 2.12. The first-order valence-electron chi connectivity index (χ1n) is 6.61. The fourth-order valence-corrected chi connectivity index (χ4v) is 2.26. The van der Waals surface area contributed by atoms with E-state index in [1.165, 1.54) is 0 Å². The van der Waals surface area contributed by atoms with Gasteiger partial charge in [-0.05, 0) is 17.7 Å². The molecule has 0 atom stereocenters. The van der Waals surface area contributed by atoms with E-state index in [2.05, 4.69) is 10.2 Å². The zero-order valence-corrected chi connectivity index (χ0v) is 12.0. The zero-order chi connectivity index (χ0) is 14.7. The second-order valence-corrected chi connectivity index (χ2v) is 5.11. The summed E-state index contributed by atoms with van der Waals surface area (Å²) in [6.45, 7) is 0.405. The van der Waals surface area contributed by atoms with Crippen molar-refractivity contribution in [2.75, 3.05) is 0 Å². The molecule has 0 aliphatic rings. The number of halogens is 1. The monoisotopic (exact) mass is 299 g/mol. The van der Waals surface area contributed by atoms with Crippen molar-refractivity contribution in [3.05, 3.63) is 70.9 Å². The van der Waals surface area contributed by atoms with Gasteiger partial charge < -0.3 is 5.11 Å². The minimum Gasteiger partial charge on any atom is -0.390 e. The smallest absolute Gasteiger partial charge is 0.118 e. The van der Waals surface area contributed by atoms with E-state index in [9.17, 15) is 5.11 Å². The summed E-state index contributed by atoms with van der Waals surface area (Å²) in [5.74, 6) is 0. The highest BCUT2D eigenvalue weighted by molar-refractivity contribution is 6.30. The third-order valence-electron chi connectivity index (χ3n) is 3.16. The van der Waals surface area contributed by atoms with E-state index >= 15 is 0 Å². The quantitative estimate of drug-likeness (QED) is 0.805. The van der Waals surface area contributed by atoms with Crippen LogP contribution in [0.15, 0.2) is 54.6 Å². The molecular weight excluding hydrogens is 286 g/mol. The van der Waals surface area contributed by atoms with Crippen LogP contribution in [0.2, 0.25) is 5.02 Å². The first-order chi connectivity index (χ1) is 10.3. The summed E-state index contributed by atoms with van der Waals surface area (Å²) in [6, 6.07) is 17.3. The molecule has 0 unspecified atom stereocenters. The minimum absolute atomic E-state index is 0.134. The van der Waals surface area contributed by atoms with E-state index < -0.39 is 0 Å². The van der Waals surface area contributed by atoms with Gasteiger partial charge in [0, 0.05) is 10.6 Å². The maximum atomic E-state index is 9.46. The molecule has 1 aromatic heterocycles. The maximum Gasteiger partial charge on any atom is 0.118 e. The summed E-state index contributed by atoms with van der Waals surface area (Å²) < 4.78 is 0. The summed E-state index contributed by atoms with van der Waals surface area (Å²) in [5, 5.41) is 19.0. The first kappa shape index (κ1) is 13.8. The Hall–Kier alpha value is -2.17. The summed E-state index contributed by atoms with van der Waals surface area (Å²) in [4.78, 5) is 1.59. The van der Waals surface area contributed by atoms with Gasteiger partial charge in [0.15, 0.2) is 0 Å². The Kier molecular flexibility index (Phi) is 3.99. The predicted octanol–water partition coefficient (Wildman–Crippen LogP) is 3.14. The van der Waals surface area contributed by atoms with E-state index in [4.69, 9.17) is 11.6 Å². The molecular formula is C16H14ClN3O. The molecule has 21 heavy (non-hydrogen) atoms. The molecule has 0 aliphatic carbocycles. The van der Waals surface area contributed by atoms with Crippen LogP contribution in [-0.2, 0) is 13.2 Å². The first-order valence-corrected chi connectivity index (χ1v) is 6.99. The van der Waals surface area contributed by atoms with Gasteiger partial charge in [-0.15, -0.1) is 0 Å². The van der Waals surface area contributed by atoms with Crippen LogP contribution in [0, 0.1) is 0 Å². The number of rotatable bonds is 4. The van der Waals surface area contributed by atoms with E-state index in [1.807, 2.05) is 54.6 Å². The third-order valence-corrected chi connectivity index (χ3v) is 3.41.